The van der Waals surface area contributed by atoms with Crippen molar-refractivity contribution in [2.24, 2.45) is 16.1 Å². The van der Waals surface area contributed by atoms with Gasteiger partial charge in [0.15, 0.2) is 0 Å². The summed E-state index contributed by atoms with van der Waals surface area (Å²) in [6.07, 6.45) is 2.91. The second kappa shape index (κ2) is 11.5. The summed E-state index contributed by atoms with van der Waals surface area (Å²) in [5.41, 5.74) is 3.10. The molecule has 1 fully saturated rings. The van der Waals surface area contributed by atoms with Crippen molar-refractivity contribution in [1.29, 1.82) is 0 Å². The predicted octanol–water partition coefficient (Wildman–Crippen LogP) is 5.79. The fourth-order valence-corrected chi connectivity index (χ4v) is 3.98. The summed E-state index contributed by atoms with van der Waals surface area (Å²) in [5.74, 6) is 0.415. The molecule has 1 saturated heterocycles. The van der Waals surface area contributed by atoms with E-state index in [1.54, 1.807) is 6.92 Å². The lowest BCUT2D eigenvalue weighted by molar-refractivity contribution is -0.0560. The minimum atomic E-state index is -4.49. The fraction of sp³-hybridized carbons (Fsp3) is 0.385. The zero-order chi connectivity index (χ0) is 24.7. The molecule has 0 saturated carbocycles. The third-order valence-corrected chi connectivity index (χ3v) is 6.02. The van der Waals surface area contributed by atoms with Crippen molar-refractivity contribution in [3.63, 3.8) is 0 Å². The van der Waals surface area contributed by atoms with Gasteiger partial charge in [-0.3, -0.25) is 0 Å². The first-order chi connectivity index (χ1) is 16.2. The second-order valence-corrected chi connectivity index (χ2v) is 8.59. The summed E-state index contributed by atoms with van der Waals surface area (Å²) in [7, 11) is 0.978. The van der Waals surface area contributed by atoms with Gasteiger partial charge in [-0.15, -0.1) is 0 Å². The highest BCUT2D eigenvalue weighted by Crippen LogP contribution is 2.30. The zero-order valence-corrected chi connectivity index (χ0v) is 19.9. The van der Waals surface area contributed by atoms with Crippen LogP contribution in [0, 0.1) is 5.92 Å². The van der Waals surface area contributed by atoms with Crippen molar-refractivity contribution in [1.82, 2.24) is 4.90 Å². The van der Waals surface area contributed by atoms with Gasteiger partial charge >= 0.3 is 6.18 Å². The molecule has 0 unspecified atom stereocenters. The van der Waals surface area contributed by atoms with Crippen molar-refractivity contribution < 1.29 is 13.2 Å². The zero-order valence-electron chi connectivity index (χ0n) is 19.9. The number of nitrogens with zero attached hydrogens (tertiary/aromatic N) is 4. The first-order valence-corrected chi connectivity index (χ1v) is 11.5. The Kier molecular flexibility index (Phi) is 8.72. The molecule has 0 bridgehead atoms. The number of likely N-dealkylation sites (tertiary alicyclic amines) is 1. The number of hydrogen-bond acceptors (Lipinski definition) is 4. The van der Waals surface area contributed by atoms with Crippen LogP contribution in [-0.2, 0) is 0 Å². The Balaban J connectivity index is 1.66. The van der Waals surface area contributed by atoms with Crippen LogP contribution in [0.5, 0.6) is 0 Å². The first kappa shape index (κ1) is 25.8. The summed E-state index contributed by atoms with van der Waals surface area (Å²) < 4.78 is 38.4. The highest BCUT2D eigenvalue weighted by molar-refractivity contribution is 7.02. The van der Waals surface area contributed by atoms with E-state index in [2.05, 4.69) is 52.2 Å². The summed E-state index contributed by atoms with van der Waals surface area (Å²) in [4.78, 5) is 4.67. The molecule has 2 aliphatic rings. The predicted molar refractivity (Wildman–Crippen MR) is 136 cm³/mol. The molecule has 3 rings (SSSR count). The van der Waals surface area contributed by atoms with Crippen molar-refractivity contribution in [3.8, 4) is 0 Å². The van der Waals surface area contributed by atoms with Gasteiger partial charge in [0.1, 0.15) is 5.61 Å². The molecular weight excluding hydrogens is 436 g/mol. The Hall–Kier alpha value is -2.87. The van der Waals surface area contributed by atoms with E-state index < -0.39 is 11.8 Å². The maximum atomic E-state index is 12.8. The average molecular weight is 467 g/mol. The molecule has 1 aromatic rings. The third-order valence-electron chi connectivity index (χ3n) is 6.02. The molecule has 0 atom stereocenters. The van der Waals surface area contributed by atoms with E-state index in [1.807, 2.05) is 36.4 Å². The van der Waals surface area contributed by atoms with E-state index in [0.29, 0.717) is 24.5 Å². The van der Waals surface area contributed by atoms with Crippen LogP contribution >= 0.6 is 0 Å². The van der Waals surface area contributed by atoms with Crippen molar-refractivity contribution in [2.75, 3.05) is 31.1 Å². The van der Waals surface area contributed by atoms with Crippen LogP contribution in [0.2, 0.25) is 0 Å². The molecule has 2 aliphatic heterocycles. The number of anilines is 1. The van der Waals surface area contributed by atoms with Gasteiger partial charge in [0.05, 0.1) is 0 Å². The quantitative estimate of drug-likeness (QED) is 0.305. The van der Waals surface area contributed by atoms with Gasteiger partial charge in [-0.2, -0.15) is 23.4 Å². The minimum absolute atomic E-state index is 0.238. The van der Waals surface area contributed by atoms with E-state index in [9.17, 15) is 13.2 Å². The van der Waals surface area contributed by atoms with Crippen LogP contribution in [0.25, 0.3) is 0 Å². The fourth-order valence-electron chi connectivity index (χ4n) is 3.98. The molecule has 0 aromatic heterocycles. The Morgan fingerprint density at radius 2 is 1.91 bits per heavy atom. The lowest BCUT2D eigenvalue weighted by Crippen LogP contribution is -2.50. The summed E-state index contributed by atoms with van der Waals surface area (Å²) in [6.45, 7) is 16.1. The smallest absolute Gasteiger partial charge is 0.341 e. The third kappa shape index (κ3) is 6.60. The topological polar surface area (TPSA) is 31.2 Å². The number of rotatable bonds is 11. The molecule has 1 radical (unpaired) electrons. The maximum Gasteiger partial charge on any atom is 0.422 e. The average Bonchev–Trinajstić information content (AvgIpc) is 3.29. The van der Waals surface area contributed by atoms with Crippen molar-refractivity contribution in [2.45, 2.75) is 32.9 Å². The Bertz CT molecular complexity index is 1000. The van der Waals surface area contributed by atoms with Crippen LogP contribution in [0.3, 0.4) is 0 Å². The molecule has 34 heavy (non-hydrogen) atoms. The number of hydrogen-bond donors (Lipinski definition) is 0. The number of para-hydroxylation sites is 1. The van der Waals surface area contributed by atoms with E-state index >= 15 is 0 Å². The maximum absolute atomic E-state index is 12.8. The molecule has 8 heteroatoms. The number of allylic oxidation sites excluding steroid dienone is 3. The number of alkyl halides is 3. The highest BCUT2D eigenvalue weighted by Gasteiger charge is 2.39. The largest absolute Gasteiger partial charge is 0.422 e. The van der Waals surface area contributed by atoms with Crippen LogP contribution in [0.4, 0.5) is 18.9 Å². The first-order valence-electron chi connectivity index (χ1n) is 11.5. The summed E-state index contributed by atoms with van der Waals surface area (Å²) in [6, 6.07) is 10.2. The lowest BCUT2D eigenvalue weighted by atomic mass is 9.65. The number of benzene rings is 1. The van der Waals surface area contributed by atoms with Crippen LogP contribution in [-0.4, -0.2) is 55.8 Å². The monoisotopic (exact) mass is 467 g/mol. The van der Waals surface area contributed by atoms with Crippen LogP contribution in [0.1, 0.15) is 26.7 Å². The highest BCUT2D eigenvalue weighted by atomic mass is 19.4. The van der Waals surface area contributed by atoms with Gasteiger partial charge in [0, 0.05) is 42.5 Å². The molecule has 0 amide bonds. The van der Waals surface area contributed by atoms with Gasteiger partial charge in [-0.1, -0.05) is 56.5 Å². The van der Waals surface area contributed by atoms with E-state index in [4.69, 9.17) is 0 Å². The van der Waals surface area contributed by atoms with E-state index in [0.717, 1.165) is 50.3 Å². The van der Waals surface area contributed by atoms with Crippen LogP contribution < -0.4 is 4.90 Å². The Morgan fingerprint density at radius 3 is 2.50 bits per heavy atom. The van der Waals surface area contributed by atoms with E-state index in [-0.39, 0.29) is 5.61 Å². The Labute approximate surface area is 201 Å². The Morgan fingerprint density at radius 1 is 1.21 bits per heavy atom. The SMILES string of the molecule is C=C/C(=C\C/C=C(\C)C1=NN=C(C(F)(F)F)[B]1)CN(C(=C)C1CN(CCC)C1)c1ccccc1. The molecular formula is C26H31BF3N4. The molecule has 0 spiro atoms. The van der Waals surface area contributed by atoms with Crippen molar-refractivity contribution >= 4 is 24.2 Å². The van der Waals surface area contributed by atoms with Gasteiger partial charge in [0.2, 0.25) is 0 Å². The van der Waals surface area contributed by atoms with Crippen molar-refractivity contribution in [3.05, 3.63) is 78.6 Å². The second-order valence-electron chi connectivity index (χ2n) is 8.59. The molecule has 179 valence electrons. The van der Waals surface area contributed by atoms with Crippen LogP contribution in [0.15, 0.2) is 88.8 Å². The number of halogens is 3. The molecule has 1 aromatic carbocycles. The van der Waals surface area contributed by atoms with Gasteiger partial charge in [0.25, 0.3) is 7.28 Å². The van der Waals surface area contributed by atoms with Gasteiger partial charge in [-0.05, 0) is 49.6 Å². The minimum Gasteiger partial charge on any atom is -0.341 e. The summed E-state index contributed by atoms with van der Waals surface area (Å²) in [5, 5.41) is 6.90. The molecule has 0 N–H and O–H groups in total. The lowest BCUT2D eigenvalue weighted by Gasteiger charge is -2.43. The van der Waals surface area contributed by atoms with Gasteiger partial charge in [-0.25, -0.2) is 0 Å². The summed E-state index contributed by atoms with van der Waals surface area (Å²) >= 11 is 0. The normalized spacial score (nSPS) is 17.6. The standard InChI is InChI=1S/C26H31BF3N4/c1-5-15-33-17-22(18-33)20(4)34(23-13-8-7-9-14-23)16-21(6-2)12-10-11-19(3)24-27-25(32-31-24)26(28,29)30/h6-9,11-14,22H,2,4-5,10,15-18H2,1,3H3/b19-11+,21-12+. The van der Waals surface area contributed by atoms with Gasteiger partial charge < -0.3 is 9.80 Å². The molecule has 4 nitrogen and oxygen atoms in total. The molecule has 2 heterocycles. The molecule has 0 aliphatic carbocycles. The van der Waals surface area contributed by atoms with E-state index in [1.165, 1.54) is 0 Å².